The summed E-state index contributed by atoms with van der Waals surface area (Å²) in [5, 5.41) is 10.8. The summed E-state index contributed by atoms with van der Waals surface area (Å²) >= 11 is 0. The zero-order chi connectivity index (χ0) is 13.7. The van der Waals surface area contributed by atoms with Gasteiger partial charge < -0.3 is 10.4 Å². The SMILES string of the molecule is CC(NC(=O)CCc1cc(F)ccc1F)C(=O)O. The molecule has 1 aromatic rings. The van der Waals surface area contributed by atoms with Crippen molar-refractivity contribution >= 4 is 11.9 Å². The molecule has 1 aromatic carbocycles. The van der Waals surface area contributed by atoms with E-state index in [1.54, 1.807) is 0 Å². The minimum Gasteiger partial charge on any atom is -0.480 e. The lowest BCUT2D eigenvalue weighted by molar-refractivity contribution is -0.141. The summed E-state index contributed by atoms with van der Waals surface area (Å²) in [6.45, 7) is 1.32. The van der Waals surface area contributed by atoms with Gasteiger partial charge in [0.2, 0.25) is 5.91 Å². The number of halogens is 2. The largest absolute Gasteiger partial charge is 0.480 e. The fourth-order valence-corrected chi connectivity index (χ4v) is 1.36. The molecule has 2 N–H and O–H groups in total. The van der Waals surface area contributed by atoms with E-state index >= 15 is 0 Å². The van der Waals surface area contributed by atoms with Crippen molar-refractivity contribution in [2.24, 2.45) is 0 Å². The number of aryl methyl sites for hydroxylation is 1. The Balaban J connectivity index is 2.52. The molecule has 0 saturated carbocycles. The van der Waals surface area contributed by atoms with Crippen LogP contribution in [0.15, 0.2) is 18.2 Å². The van der Waals surface area contributed by atoms with E-state index in [-0.39, 0.29) is 18.4 Å². The monoisotopic (exact) mass is 257 g/mol. The maximum Gasteiger partial charge on any atom is 0.325 e. The molecule has 0 heterocycles. The maximum absolute atomic E-state index is 13.2. The maximum atomic E-state index is 13.2. The molecule has 1 unspecified atom stereocenters. The summed E-state index contributed by atoms with van der Waals surface area (Å²) in [7, 11) is 0. The van der Waals surface area contributed by atoms with Gasteiger partial charge in [0.05, 0.1) is 0 Å². The Labute approximate surface area is 103 Å². The first-order chi connectivity index (χ1) is 8.40. The van der Waals surface area contributed by atoms with E-state index in [9.17, 15) is 18.4 Å². The molecule has 1 rings (SSSR count). The highest BCUT2D eigenvalue weighted by atomic mass is 19.1. The van der Waals surface area contributed by atoms with Gasteiger partial charge in [0.25, 0.3) is 0 Å². The van der Waals surface area contributed by atoms with Crippen LogP contribution in [0.2, 0.25) is 0 Å². The highest BCUT2D eigenvalue weighted by Gasteiger charge is 2.14. The number of nitrogens with one attached hydrogen (secondary N) is 1. The molecular formula is C12H13F2NO3. The first kappa shape index (κ1) is 14.1. The van der Waals surface area contributed by atoms with Crippen LogP contribution in [0, 0.1) is 11.6 Å². The molecule has 4 nitrogen and oxygen atoms in total. The number of carboxylic acids is 1. The number of benzene rings is 1. The number of hydrogen-bond acceptors (Lipinski definition) is 2. The molecule has 0 radical (unpaired) electrons. The van der Waals surface area contributed by atoms with Crippen LogP contribution >= 0.6 is 0 Å². The van der Waals surface area contributed by atoms with Crippen molar-refractivity contribution in [3.8, 4) is 0 Å². The van der Waals surface area contributed by atoms with E-state index in [0.717, 1.165) is 18.2 Å². The van der Waals surface area contributed by atoms with Crippen molar-refractivity contribution in [3.05, 3.63) is 35.4 Å². The first-order valence-electron chi connectivity index (χ1n) is 5.36. The molecule has 18 heavy (non-hydrogen) atoms. The van der Waals surface area contributed by atoms with Gasteiger partial charge in [-0.25, -0.2) is 8.78 Å². The number of carbonyl (C=O) groups excluding carboxylic acids is 1. The van der Waals surface area contributed by atoms with E-state index in [1.807, 2.05) is 0 Å². The van der Waals surface area contributed by atoms with Gasteiger partial charge in [-0.05, 0) is 37.1 Å². The molecule has 0 aliphatic carbocycles. The summed E-state index contributed by atoms with van der Waals surface area (Å²) in [6, 6.07) is 1.99. The molecule has 0 aliphatic heterocycles. The van der Waals surface area contributed by atoms with Gasteiger partial charge in [-0.1, -0.05) is 0 Å². The lowest BCUT2D eigenvalue weighted by atomic mass is 10.1. The van der Waals surface area contributed by atoms with Crippen molar-refractivity contribution in [2.45, 2.75) is 25.8 Å². The third-order valence-electron chi connectivity index (χ3n) is 2.38. The lowest BCUT2D eigenvalue weighted by Gasteiger charge is -2.09. The molecular weight excluding hydrogens is 244 g/mol. The second-order valence-corrected chi connectivity index (χ2v) is 3.86. The minimum absolute atomic E-state index is 0.0156. The molecule has 98 valence electrons. The minimum atomic E-state index is -1.15. The Morgan fingerprint density at radius 1 is 1.39 bits per heavy atom. The summed E-state index contributed by atoms with van der Waals surface area (Å²) in [5.41, 5.74) is 0.0909. The molecule has 0 spiro atoms. The molecule has 0 aromatic heterocycles. The van der Waals surface area contributed by atoms with Crippen molar-refractivity contribution in [3.63, 3.8) is 0 Å². The van der Waals surface area contributed by atoms with Crippen LogP contribution in [0.25, 0.3) is 0 Å². The zero-order valence-electron chi connectivity index (χ0n) is 9.74. The predicted octanol–water partition coefficient (Wildman–Crippen LogP) is 1.49. The Morgan fingerprint density at radius 3 is 2.67 bits per heavy atom. The molecule has 0 bridgehead atoms. The van der Waals surface area contributed by atoms with Crippen LogP contribution in [0.5, 0.6) is 0 Å². The third kappa shape index (κ3) is 4.12. The van der Waals surface area contributed by atoms with Crippen LogP contribution in [0.1, 0.15) is 18.9 Å². The van der Waals surface area contributed by atoms with Gasteiger partial charge >= 0.3 is 5.97 Å². The van der Waals surface area contributed by atoms with Crippen molar-refractivity contribution in [1.82, 2.24) is 5.32 Å². The molecule has 0 aliphatic rings. The smallest absolute Gasteiger partial charge is 0.325 e. The van der Waals surface area contributed by atoms with Crippen molar-refractivity contribution in [1.29, 1.82) is 0 Å². The standard InChI is InChI=1S/C12H13F2NO3/c1-7(12(17)18)15-11(16)5-2-8-6-9(13)3-4-10(8)14/h3-4,6-7H,2,5H2,1H3,(H,15,16)(H,17,18). The molecule has 1 atom stereocenters. The summed E-state index contributed by atoms with van der Waals surface area (Å²) in [5.74, 6) is -2.84. The van der Waals surface area contributed by atoms with Gasteiger partial charge in [0.1, 0.15) is 17.7 Å². The van der Waals surface area contributed by atoms with E-state index < -0.39 is 29.6 Å². The average molecular weight is 257 g/mol. The van der Waals surface area contributed by atoms with Crippen molar-refractivity contribution in [2.75, 3.05) is 0 Å². The zero-order valence-corrected chi connectivity index (χ0v) is 9.74. The Bertz CT molecular complexity index is 463. The summed E-state index contributed by atoms with van der Waals surface area (Å²) in [6.07, 6.45) is -0.0836. The summed E-state index contributed by atoms with van der Waals surface area (Å²) < 4.78 is 26.1. The first-order valence-corrected chi connectivity index (χ1v) is 5.36. The quantitative estimate of drug-likeness (QED) is 0.839. The normalized spacial score (nSPS) is 11.9. The van der Waals surface area contributed by atoms with Gasteiger partial charge in [-0.15, -0.1) is 0 Å². The number of amides is 1. The van der Waals surface area contributed by atoms with Gasteiger partial charge in [0.15, 0.2) is 0 Å². The van der Waals surface area contributed by atoms with Gasteiger partial charge in [-0.2, -0.15) is 0 Å². The Kier molecular flexibility index (Phi) is 4.76. The van der Waals surface area contributed by atoms with E-state index in [1.165, 1.54) is 6.92 Å². The van der Waals surface area contributed by atoms with Crippen molar-refractivity contribution < 1.29 is 23.5 Å². The van der Waals surface area contributed by atoms with Crippen LogP contribution < -0.4 is 5.32 Å². The Hall–Kier alpha value is -1.98. The van der Waals surface area contributed by atoms with Crippen LogP contribution in [-0.2, 0) is 16.0 Å². The van der Waals surface area contributed by atoms with E-state index in [4.69, 9.17) is 5.11 Å². The predicted molar refractivity (Wildman–Crippen MR) is 59.9 cm³/mol. The van der Waals surface area contributed by atoms with Gasteiger partial charge in [0, 0.05) is 6.42 Å². The van der Waals surface area contributed by atoms with Gasteiger partial charge in [-0.3, -0.25) is 9.59 Å². The number of carbonyl (C=O) groups is 2. The summed E-state index contributed by atoms with van der Waals surface area (Å²) in [4.78, 5) is 21.8. The average Bonchev–Trinajstić information content (AvgIpc) is 2.30. The van der Waals surface area contributed by atoms with Crippen LogP contribution in [-0.4, -0.2) is 23.0 Å². The number of aliphatic carboxylic acids is 1. The van der Waals surface area contributed by atoms with Crippen LogP contribution in [0.3, 0.4) is 0 Å². The fourth-order valence-electron chi connectivity index (χ4n) is 1.36. The number of rotatable bonds is 5. The lowest BCUT2D eigenvalue weighted by Crippen LogP contribution is -2.38. The molecule has 6 heteroatoms. The molecule has 0 saturated heterocycles. The van der Waals surface area contributed by atoms with E-state index in [0.29, 0.717) is 0 Å². The fraction of sp³-hybridized carbons (Fsp3) is 0.333. The third-order valence-corrected chi connectivity index (χ3v) is 2.38. The Morgan fingerprint density at radius 2 is 2.06 bits per heavy atom. The molecule has 1 amide bonds. The second-order valence-electron chi connectivity index (χ2n) is 3.86. The number of carboxylic acid groups (broad SMARTS) is 1. The topological polar surface area (TPSA) is 66.4 Å². The van der Waals surface area contributed by atoms with Crippen LogP contribution in [0.4, 0.5) is 8.78 Å². The molecule has 0 fully saturated rings. The van der Waals surface area contributed by atoms with E-state index in [2.05, 4.69) is 5.32 Å². The highest BCUT2D eigenvalue weighted by Crippen LogP contribution is 2.11. The highest BCUT2D eigenvalue weighted by molar-refractivity contribution is 5.83. The number of hydrogen-bond donors (Lipinski definition) is 2. The second kappa shape index (κ2) is 6.09.